The summed E-state index contributed by atoms with van der Waals surface area (Å²) >= 11 is 0. The molecule has 0 bridgehead atoms. The van der Waals surface area contributed by atoms with Crippen LogP contribution in [0.3, 0.4) is 0 Å². The molecule has 0 aliphatic carbocycles. The van der Waals surface area contributed by atoms with Crippen LogP contribution in [0.4, 0.5) is 0 Å². The highest BCUT2D eigenvalue weighted by atomic mass is 31.1. The fraction of sp³-hybridized carbons (Fsp3) is 0.875. The Morgan fingerprint density at radius 2 is 1.92 bits per heavy atom. The topological polar surface area (TPSA) is 37.3 Å². The number of rotatable bonds is 5. The number of hydrogen-bond acceptors (Lipinski definition) is 2. The van der Waals surface area contributed by atoms with E-state index < -0.39 is 8.15 Å². The van der Waals surface area contributed by atoms with Crippen LogP contribution in [-0.2, 0) is 4.79 Å². The third-order valence-electron chi connectivity index (χ3n) is 1.33. The highest BCUT2D eigenvalue weighted by molar-refractivity contribution is 7.69. The normalized spacial score (nSPS) is 14.4. The summed E-state index contributed by atoms with van der Waals surface area (Å²) < 4.78 is 0.599. The zero-order valence-electron chi connectivity index (χ0n) is 8.37. The standard InChI is InChI=1S/C8H19NO2P/c1-5-6-12(11)8(10)7-9(2,3)4/h11H,5-7H2,1-4H3/q+1. The van der Waals surface area contributed by atoms with E-state index in [1.165, 1.54) is 0 Å². The molecule has 12 heavy (non-hydrogen) atoms. The first kappa shape index (κ1) is 12.0. The molecule has 4 heteroatoms. The first-order valence-corrected chi connectivity index (χ1v) is 5.64. The van der Waals surface area contributed by atoms with Gasteiger partial charge in [-0.15, -0.1) is 0 Å². The fourth-order valence-electron chi connectivity index (χ4n) is 0.824. The maximum atomic E-state index is 11.3. The second kappa shape index (κ2) is 4.90. The van der Waals surface area contributed by atoms with Crippen LogP contribution >= 0.6 is 8.15 Å². The minimum Gasteiger partial charge on any atom is -0.366 e. The Bertz CT molecular complexity index is 154. The number of hydrogen-bond donors (Lipinski definition) is 1. The molecule has 1 unspecified atom stereocenters. The van der Waals surface area contributed by atoms with Crippen LogP contribution < -0.4 is 0 Å². The van der Waals surface area contributed by atoms with E-state index in [0.29, 0.717) is 17.2 Å². The summed E-state index contributed by atoms with van der Waals surface area (Å²) in [6.45, 7) is 2.41. The van der Waals surface area contributed by atoms with E-state index in [1.54, 1.807) is 0 Å². The van der Waals surface area contributed by atoms with E-state index in [9.17, 15) is 9.69 Å². The van der Waals surface area contributed by atoms with E-state index in [4.69, 9.17) is 0 Å². The summed E-state index contributed by atoms with van der Waals surface area (Å²) in [7, 11) is 4.49. The number of carbonyl (C=O) groups excluding carboxylic acids is 1. The van der Waals surface area contributed by atoms with Gasteiger partial charge in [0.15, 0.2) is 0 Å². The van der Waals surface area contributed by atoms with Gasteiger partial charge in [0.1, 0.15) is 14.7 Å². The lowest BCUT2D eigenvalue weighted by molar-refractivity contribution is -0.861. The number of nitrogens with zero attached hydrogens (tertiary/aromatic N) is 1. The molecule has 1 N–H and O–H groups in total. The molecule has 0 radical (unpaired) electrons. The molecule has 3 nitrogen and oxygen atoms in total. The second-order valence-electron chi connectivity index (χ2n) is 3.97. The van der Waals surface area contributed by atoms with E-state index in [1.807, 2.05) is 28.1 Å². The highest BCUT2D eigenvalue weighted by Gasteiger charge is 2.21. The van der Waals surface area contributed by atoms with Crippen molar-refractivity contribution in [3.05, 3.63) is 0 Å². The Balaban J connectivity index is 3.87. The van der Waals surface area contributed by atoms with Gasteiger partial charge in [0.25, 0.3) is 0 Å². The molecular weight excluding hydrogens is 173 g/mol. The molecule has 0 aromatic rings. The molecule has 0 fully saturated rings. The Labute approximate surface area is 75.8 Å². The van der Waals surface area contributed by atoms with Crippen LogP contribution in [0.15, 0.2) is 0 Å². The van der Waals surface area contributed by atoms with E-state index in [-0.39, 0.29) is 5.52 Å². The molecule has 0 saturated heterocycles. The molecule has 0 spiro atoms. The smallest absolute Gasteiger partial charge is 0.234 e. The summed E-state index contributed by atoms with van der Waals surface area (Å²) in [5, 5.41) is 0. The van der Waals surface area contributed by atoms with Crippen molar-refractivity contribution in [1.82, 2.24) is 0 Å². The molecule has 0 aliphatic heterocycles. The summed E-state index contributed by atoms with van der Waals surface area (Å²) in [5.74, 6) is 0. The van der Waals surface area contributed by atoms with Gasteiger partial charge in [0.2, 0.25) is 5.52 Å². The Hall–Kier alpha value is 0.0200. The monoisotopic (exact) mass is 192 g/mol. The quantitative estimate of drug-likeness (QED) is 0.521. The zero-order valence-corrected chi connectivity index (χ0v) is 9.27. The van der Waals surface area contributed by atoms with Crippen molar-refractivity contribution in [1.29, 1.82) is 0 Å². The van der Waals surface area contributed by atoms with Gasteiger partial charge in [-0.25, -0.2) is 0 Å². The van der Waals surface area contributed by atoms with Gasteiger partial charge in [-0.1, -0.05) is 6.92 Å². The number of likely N-dealkylation sites (N-methyl/N-ethyl adjacent to an activating group) is 1. The average Bonchev–Trinajstić information content (AvgIpc) is 1.84. The minimum atomic E-state index is -1.36. The largest absolute Gasteiger partial charge is 0.366 e. The molecule has 0 saturated carbocycles. The molecule has 0 amide bonds. The SMILES string of the molecule is CCCP(O)C(=O)C[N+](C)(C)C. The second-order valence-corrected chi connectivity index (χ2v) is 5.71. The van der Waals surface area contributed by atoms with Crippen molar-refractivity contribution in [3.8, 4) is 0 Å². The fourth-order valence-corrected chi connectivity index (χ4v) is 2.08. The van der Waals surface area contributed by atoms with Gasteiger partial charge in [-0.3, -0.25) is 4.79 Å². The van der Waals surface area contributed by atoms with Crippen molar-refractivity contribution in [2.75, 3.05) is 33.8 Å². The molecule has 0 rings (SSSR count). The van der Waals surface area contributed by atoms with Gasteiger partial charge >= 0.3 is 0 Å². The van der Waals surface area contributed by atoms with Crippen molar-refractivity contribution in [2.24, 2.45) is 0 Å². The van der Waals surface area contributed by atoms with Crippen LogP contribution in [0.25, 0.3) is 0 Å². The molecule has 0 aliphatic rings. The number of quaternary nitrogens is 1. The first-order chi connectivity index (χ1) is 5.37. The van der Waals surface area contributed by atoms with Crippen LogP contribution in [-0.4, -0.2) is 48.8 Å². The van der Waals surface area contributed by atoms with Gasteiger partial charge in [0, 0.05) is 0 Å². The van der Waals surface area contributed by atoms with E-state index in [2.05, 4.69) is 0 Å². The van der Waals surface area contributed by atoms with Crippen molar-refractivity contribution in [3.63, 3.8) is 0 Å². The average molecular weight is 192 g/mol. The summed E-state index contributed by atoms with van der Waals surface area (Å²) in [6.07, 6.45) is 1.53. The Morgan fingerprint density at radius 3 is 2.25 bits per heavy atom. The molecule has 0 aromatic carbocycles. The van der Waals surface area contributed by atoms with Gasteiger partial charge in [-0.2, -0.15) is 0 Å². The highest BCUT2D eigenvalue weighted by Crippen LogP contribution is 2.31. The lowest BCUT2D eigenvalue weighted by atomic mass is 10.5. The maximum absolute atomic E-state index is 11.3. The van der Waals surface area contributed by atoms with Gasteiger partial charge in [0.05, 0.1) is 21.1 Å². The van der Waals surface area contributed by atoms with Crippen molar-refractivity contribution in [2.45, 2.75) is 13.3 Å². The maximum Gasteiger partial charge on any atom is 0.234 e. The van der Waals surface area contributed by atoms with E-state index in [0.717, 1.165) is 6.42 Å². The van der Waals surface area contributed by atoms with Crippen LogP contribution in [0, 0.1) is 0 Å². The summed E-state index contributed by atoms with van der Waals surface area (Å²) in [5.41, 5.74) is 0.0133. The Morgan fingerprint density at radius 1 is 1.42 bits per heavy atom. The lowest BCUT2D eigenvalue weighted by Crippen LogP contribution is -2.39. The third-order valence-corrected chi connectivity index (χ3v) is 2.92. The van der Waals surface area contributed by atoms with Crippen molar-refractivity contribution >= 4 is 13.7 Å². The van der Waals surface area contributed by atoms with E-state index >= 15 is 0 Å². The first-order valence-electron chi connectivity index (χ1n) is 4.16. The number of carbonyl (C=O) groups is 1. The molecule has 72 valence electrons. The Kier molecular flexibility index (Phi) is 4.91. The molecule has 0 aromatic heterocycles. The van der Waals surface area contributed by atoms with Crippen LogP contribution in [0.5, 0.6) is 0 Å². The summed E-state index contributed by atoms with van der Waals surface area (Å²) in [4.78, 5) is 20.7. The minimum absolute atomic E-state index is 0.0133. The van der Waals surface area contributed by atoms with Gasteiger partial charge in [-0.05, 0) is 12.6 Å². The van der Waals surface area contributed by atoms with Crippen LogP contribution in [0.2, 0.25) is 0 Å². The molecule has 1 atom stereocenters. The third kappa shape index (κ3) is 5.64. The van der Waals surface area contributed by atoms with Crippen molar-refractivity contribution < 1.29 is 14.2 Å². The lowest BCUT2D eigenvalue weighted by Gasteiger charge is -2.23. The predicted molar refractivity (Wildman–Crippen MR) is 52.2 cm³/mol. The van der Waals surface area contributed by atoms with Crippen LogP contribution in [0.1, 0.15) is 13.3 Å². The molecular formula is C8H19NO2P+. The molecule has 0 heterocycles. The summed E-state index contributed by atoms with van der Waals surface area (Å²) in [6, 6.07) is 0. The zero-order chi connectivity index (χ0) is 9.78. The predicted octanol–water partition coefficient (Wildman–Crippen LogP) is 1.02. The van der Waals surface area contributed by atoms with Gasteiger partial charge < -0.3 is 9.38 Å².